The van der Waals surface area contributed by atoms with Crippen LogP contribution in [0.1, 0.15) is 33.2 Å². The molecule has 1 amide bonds. The summed E-state index contributed by atoms with van der Waals surface area (Å²) in [5, 5.41) is 3.40. The van der Waals surface area contributed by atoms with E-state index >= 15 is 0 Å². The maximum absolute atomic E-state index is 13.8. The second kappa shape index (κ2) is 6.30. The van der Waals surface area contributed by atoms with Gasteiger partial charge in [-0.15, -0.1) is 0 Å². The molecule has 1 N–H and O–H groups in total. The average molecular weight is 346 g/mol. The maximum Gasteiger partial charge on any atom is 0.262 e. The summed E-state index contributed by atoms with van der Waals surface area (Å²) in [4.78, 5) is 15.0. The standard InChI is InChI=1S/C22H19FN2O/c1-14-10-15(2)12-18(11-14)25-21(16-6-5-7-17(23)13-16)24-20-9-4-3-8-19(20)22(25)26/h3-13,21,24H,1-2H3/t21-/m1/s1. The van der Waals surface area contributed by atoms with E-state index in [1.54, 1.807) is 11.0 Å². The molecule has 3 aromatic rings. The van der Waals surface area contributed by atoms with E-state index in [1.807, 2.05) is 56.3 Å². The minimum Gasteiger partial charge on any atom is -0.360 e. The lowest BCUT2D eigenvalue weighted by Gasteiger charge is -2.38. The Morgan fingerprint density at radius 1 is 0.923 bits per heavy atom. The number of carbonyl (C=O) groups is 1. The number of fused-ring (bicyclic) bond motifs is 1. The van der Waals surface area contributed by atoms with Gasteiger partial charge in [-0.3, -0.25) is 9.69 Å². The maximum atomic E-state index is 13.8. The van der Waals surface area contributed by atoms with E-state index in [0.717, 1.165) is 22.5 Å². The van der Waals surface area contributed by atoms with Crippen molar-refractivity contribution in [2.75, 3.05) is 10.2 Å². The summed E-state index contributed by atoms with van der Waals surface area (Å²) in [5.74, 6) is -0.422. The van der Waals surface area contributed by atoms with Crippen molar-refractivity contribution in [2.45, 2.75) is 20.0 Å². The molecule has 4 heteroatoms. The fourth-order valence-electron chi connectivity index (χ4n) is 3.52. The number of nitrogens with zero attached hydrogens (tertiary/aromatic N) is 1. The number of hydrogen-bond donors (Lipinski definition) is 1. The van der Waals surface area contributed by atoms with Gasteiger partial charge >= 0.3 is 0 Å². The van der Waals surface area contributed by atoms with Crippen LogP contribution in [0.25, 0.3) is 0 Å². The van der Waals surface area contributed by atoms with Crippen LogP contribution in [-0.4, -0.2) is 5.91 Å². The topological polar surface area (TPSA) is 32.3 Å². The van der Waals surface area contributed by atoms with Crippen molar-refractivity contribution in [3.63, 3.8) is 0 Å². The van der Waals surface area contributed by atoms with Crippen molar-refractivity contribution in [3.8, 4) is 0 Å². The summed E-state index contributed by atoms with van der Waals surface area (Å²) < 4.78 is 13.8. The number of amides is 1. The van der Waals surface area contributed by atoms with Crippen molar-refractivity contribution >= 4 is 17.3 Å². The number of carbonyl (C=O) groups excluding carboxylic acids is 1. The molecule has 1 aliphatic heterocycles. The molecule has 0 bridgehead atoms. The van der Waals surface area contributed by atoms with Crippen LogP contribution in [0, 0.1) is 19.7 Å². The summed E-state index contributed by atoms with van der Waals surface area (Å²) in [7, 11) is 0. The Kier molecular flexibility index (Phi) is 3.96. The van der Waals surface area contributed by atoms with Crippen LogP contribution in [0.15, 0.2) is 66.7 Å². The van der Waals surface area contributed by atoms with Crippen LogP contribution < -0.4 is 10.2 Å². The monoisotopic (exact) mass is 346 g/mol. The zero-order chi connectivity index (χ0) is 18.3. The molecular formula is C22H19FN2O. The van der Waals surface area contributed by atoms with Crippen LogP contribution >= 0.6 is 0 Å². The second-order valence-corrected chi connectivity index (χ2v) is 6.67. The third-order valence-corrected chi connectivity index (χ3v) is 4.58. The molecule has 0 spiro atoms. The molecule has 0 saturated heterocycles. The summed E-state index contributed by atoms with van der Waals surface area (Å²) in [6.07, 6.45) is -0.478. The first-order valence-electron chi connectivity index (χ1n) is 8.56. The highest BCUT2D eigenvalue weighted by molar-refractivity contribution is 6.12. The molecule has 0 unspecified atom stereocenters. The zero-order valence-corrected chi connectivity index (χ0v) is 14.7. The summed E-state index contributed by atoms with van der Waals surface area (Å²) in [5.41, 5.74) is 5.01. The number of nitrogens with one attached hydrogen (secondary N) is 1. The number of rotatable bonds is 2. The molecule has 1 atom stereocenters. The lowest BCUT2D eigenvalue weighted by atomic mass is 10.0. The number of halogens is 1. The largest absolute Gasteiger partial charge is 0.360 e. The Labute approximate surface area is 152 Å². The average Bonchev–Trinajstić information content (AvgIpc) is 2.61. The molecule has 0 saturated carbocycles. The van der Waals surface area contributed by atoms with Gasteiger partial charge in [0.25, 0.3) is 5.91 Å². The number of anilines is 2. The molecule has 3 aromatic carbocycles. The molecule has 0 aliphatic carbocycles. The van der Waals surface area contributed by atoms with E-state index in [0.29, 0.717) is 11.1 Å². The number of para-hydroxylation sites is 1. The predicted octanol–water partition coefficient (Wildman–Crippen LogP) is 5.21. The van der Waals surface area contributed by atoms with Gasteiger partial charge in [0.15, 0.2) is 0 Å². The van der Waals surface area contributed by atoms with Gasteiger partial charge in [0.05, 0.1) is 5.56 Å². The van der Waals surface area contributed by atoms with Crippen LogP contribution in [-0.2, 0) is 0 Å². The highest BCUT2D eigenvalue weighted by Crippen LogP contribution is 2.37. The van der Waals surface area contributed by atoms with E-state index in [9.17, 15) is 9.18 Å². The Bertz CT molecular complexity index is 979. The lowest BCUT2D eigenvalue weighted by Crippen LogP contribution is -2.43. The number of benzene rings is 3. The molecule has 0 fully saturated rings. The Morgan fingerprint density at radius 2 is 1.65 bits per heavy atom. The highest BCUT2D eigenvalue weighted by atomic mass is 19.1. The fraction of sp³-hybridized carbons (Fsp3) is 0.136. The smallest absolute Gasteiger partial charge is 0.262 e. The van der Waals surface area contributed by atoms with Gasteiger partial charge in [0.2, 0.25) is 0 Å². The third kappa shape index (κ3) is 2.84. The van der Waals surface area contributed by atoms with E-state index in [4.69, 9.17) is 0 Å². The predicted molar refractivity (Wildman–Crippen MR) is 102 cm³/mol. The summed E-state index contributed by atoms with van der Waals surface area (Å²) in [6, 6.07) is 19.8. The Hall–Kier alpha value is -3.14. The fourth-order valence-corrected chi connectivity index (χ4v) is 3.52. The third-order valence-electron chi connectivity index (χ3n) is 4.58. The SMILES string of the molecule is Cc1cc(C)cc(N2C(=O)c3ccccc3N[C@H]2c2cccc(F)c2)c1. The molecule has 26 heavy (non-hydrogen) atoms. The summed E-state index contributed by atoms with van der Waals surface area (Å²) >= 11 is 0. The number of aryl methyl sites for hydroxylation is 2. The van der Waals surface area contributed by atoms with Crippen molar-refractivity contribution in [2.24, 2.45) is 0 Å². The quantitative estimate of drug-likeness (QED) is 0.690. The molecule has 1 heterocycles. The van der Waals surface area contributed by atoms with Gasteiger partial charge in [0, 0.05) is 11.4 Å². The normalized spacial score (nSPS) is 16.2. The van der Waals surface area contributed by atoms with E-state index in [-0.39, 0.29) is 11.7 Å². The van der Waals surface area contributed by atoms with Crippen LogP contribution in [0.4, 0.5) is 15.8 Å². The number of hydrogen-bond acceptors (Lipinski definition) is 2. The Balaban J connectivity index is 1.90. The minimum absolute atomic E-state index is 0.0985. The van der Waals surface area contributed by atoms with Crippen molar-refractivity contribution in [3.05, 3.63) is 94.8 Å². The van der Waals surface area contributed by atoms with Crippen molar-refractivity contribution < 1.29 is 9.18 Å². The second-order valence-electron chi connectivity index (χ2n) is 6.67. The van der Waals surface area contributed by atoms with Crippen LogP contribution in [0.5, 0.6) is 0 Å². The van der Waals surface area contributed by atoms with Gasteiger partial charge in [-0.05, 0) is 66.9 Å². The molecule has 0 aromatic heterocycles. The van der Waals surface area contributed by atoms with E-state index in [2.05, 4.69) is 11.4 Å². The first-order valence-corrected chi connectivity index (χ1v) is 8.56. The first-order chi connectivity index (χ1) is 12.5. The van der Waals surface area contributed by atoms with Gasteiger partial charge in [-0.25, -0.2) is 4.39 Å². The van der Waals surface area contributed by atoms with E-state index < -0.39 is 6.17 Å². The molecule has 3 nitrogen and oxygen atoms in total. The first kappa shape index (κ1) is 16.3. The van der Waals surface area contributed by atoms with Gasteiger partial charge in [-0.1, -0.05) is 30.3 Å². The van der Waals surface area contributed by atoms with Gasteiger partial charge < -0.3 is 5.32 Å². The lowest BCUT2D eigenvalue weighted by molar-refractivity contribution is 0.0975. The molecular weight excluding hydrogens is 327 g/mol. The molecule has 0 radical (unpaired) electrons. The van der Waals surface area contributed by atoms with Crippen LogP contribution in [0.2, 0.25) is 0 Å². The molecule has 1 aliphatic rings. The van der Waals surface area contributed by atoms with Crippen LogP contribution in [0.3, 0.4) is 0 Å². The minimum atomic E-state index is -0.478. The molecule has 4 rings (SSSR count). The molecule has 130 valence electrons. The zero-order valence-electron chi connectivity index (χ0n) is 14.7. The Morgan fingerprint density at radius 3 is 2.38 bits per heavy atom. The highest BCUT2D eigenvalue weighted by Gasteiger charge is 2.34. The van der Waals surface area contributed by atoms with Gasteiger partial charge in [0.1, 0.15) is 12.0 Å². The van der Waals surface area contributed by atoms with Crippen molar-refractivity contribution in [1.82, 2.24) is 0 Å². The summed E-state index contributed by atoms with van der Waals surface area (Å²) in [6.45, 7) is 4.01. The van der Waals surface area contributed by atoms with Gasteiger partial charge in [-0.2, -0.15) is 0 Å². The van der Waals surface area contributed by atoms with Crippen molar-refractivity contribution in [1.29, 1.82) is 0 Å². The van der Waals surface area contributed by atoms with E-state index in [1.165, 1.54) is 12.1 Å².